The molecule has 21 heteroatoms. The molecule has 2 aromatic carbocycles. The Morgan fingerprint density at radius 2 is 1.63 bits per heavy atom. The predicted molar refractivity (Wildman–Crippen MR) is 186 cm³/mol. The number of hydroxylamine groups is 2. The maximum atomic E-state index is 13.5. The van der Waals surface area contributed by atoms with Crippen molar-refractivity contribution in [1.82, 2.24) is 9.79 Å². The number of carbonyl (C=O) groups is 5. The Kier molecular flexibility index (Phi) is 14.6. The topological polar surface area (TPSA) is 303 Å². The van der Waals surface area contributed by atoms with E-state index in [0.29, 0.717) is 24.7 Å². The molecule has 0 saturated carbocycles. The maximum absolute atomic E-state index is 13.5. The van der Waals surface area contributed by atoms with Gasteiger partial charge in [0.2, 0.25) is 10.0 Å². The van der Waals surface area contributed by atoms with Crippen molar-refractivity contribution in [2.75, 3.05) is 39.2 Å². The highest BCUT2D eigenvalue weighted by atomic mass is 32.2. The number of ether oxygens (including phenoxy) is 2. The van der Waals surface area contributed by atoms with Gasteiger partial charge in [0.15, 0.2) is 11.3 Å². The van der Waals surface area contributed by atoms with E-state index in [9.17, 15) is 45.7 Å². The molecule has 2 aliphatic heterocycles. The predicted octanol–water partition coefficient (Wildman–Crippen LogP) is 1.63. The van der Waals surface area contributed by atoms with Gasteiger partial charge in [-0.25, -0.2) is 31.1 Å². The van der Waals surface area contributed by atoms with Gasteiger partial charge < -0.3 is 38.9 Å². The second kappa shape index (κ2) is 18.4. The van der Waals surface area contributed by atoms with Crippen molar-refractivity contribution in [3.63, 3.8) is 0 Å². The number of fused-ring (bicyclic) bond motifs is 2. The Labute approximate surface area is 308 Å². The zero-order valence-electron chi connectivity index (χ0n) is 28.8. The van der Waals surface area contributed by atoms with E-state index in [1.807, 2.05) is 6.79 Å². The highest BCUT2D eigenvalue weighted by Crippen LogP contribution is 2.45. The van der Waals surface area contributed by atoms with Crippen molar-refractivity contribution < 1.29 is 69.2 Å². The third kappa shape index (κ3) is 9.89. The number of amides is 2. The van der Waals surface area contributed by atoms with Crippen LogP contribution in [0.15, 0.2) is 62.7 Å². The van der Waals surface area contributed by atoms with Gasteiger partial charge in [0, 0.05) is 56.5 Å². The van der Waals surface area contributed by atoms with Crippen molar-refractivity contribution in [2.24, 2.45) is 0 Å². The van der Waals surface area contributed by atoms with Crippen LogP contribution in [0.3, 0.4) is 0 Å². The van der Waals surface area contributed by atoms with Gasteiger partial charge in [-0.05, 0) is 42.3 Å². The van der Waals surface area contributed by atoms with Gasteiger partial charge in [0.1, 0.15) is 26.7 Å². The first-order valence-corrected chi connectivity index (χ1v) is 18.4. The van der Waals surface area contributed by atoms with Crippen molar-refractivity contribution in [3.05, 3.63) is 59.5 Å². The Morgan fingerprint density at radius 1 is 0.981 bits per heavy atom. The number of benzene rings is 3. The molecule has 3 aliphatic rings. The average Bonchev–Trinajstić information content (AvgIpc) is 3.42. The molecule has 1 aliphatic carbocycles. The van der Waals surface area contributed by atoms with E-state index >= 15 is 0 Å². The van der Waals surface area contributed by atoms with E-state index < -0.39 is 70.4 Å². The molecule has 5 rings (SSSR count). The van der Waals surface area contributed by atoms with Gasteiger partial charge in [-0.2, -0.15) is 0 Å². The van der Waals surface area contributed by atoms with Crippen LogP contribution in [0.4, 0.5) is 5.69 Å². The molecule has 0 unspecified atom stereocenters. The number of carboxylic acid groups (broad SMARTS) is 1. The Morgan fingerprint density at radius 3 is 2.22 bits per heavy atom. The van der Waals surface area contributed by atoms with Crippen molar-refractivity contribution in [1.29, 1.82) is 5.41 Å². The van der Waals surface area contributed by atoms with Crippen LogP contribution in [-0.2, 0) is 53.6 Å². The van der Waals surface area contributed by atoms with Crippen LogP contribution in [0.25, 0.3) is 33.4 Å². The molecular formula is C33H35N4O15S2-. The highest BCUT2D eigenvalue weighted by Gasteiger charge is 2.32. The zero-order chi connectivity index (χ0) is 40.4. The number of carboxylic acids is 1. The summed E-state index contributed by atoms with van der Waals surface area (Å²) < 4.78 is 82.1. The van der Waals surface area contributed by atoms with Crippen molar-refractivity contribution in [3.8, 4) is 22.5 Å². The van der Waals surface area contributed by atoms with E-state index in [1.54, 1.807) is 6.07 Å². The Balaban J connectivity index is 0.000000512. The number of sulfonamides is 1. The molecule has 2 amide bonds. The number of imide groups is 1. The van der Waals surface area contributed by atoms with Crippen molar-refractivity contribution in [2.45, 2.75) is 36.0 Å². The smallest absolute Gasteiger partial charge is 0.336 e. The monoisotopic (exact) mass is 791 g/mol. The van der Waals surface area contributed by atoms with Gasteiger partial charge in [0.05, 0.1) is 29.8 Å². The van der Waals surface area contributed by atoms with E-state index in [2.05, 4.69) is 9.56 Å². The molecule has 0 bridgehead atoms. The van der Waals surface area contributed by atoms with Gasteiger partial charge in [-0.1, -0.05) is 18.2 Å². The fourth-order valence-corrected chi connectivity index (χ4v) is 7.22. The van der Waals surface area contributed by atoms with E-state index in [1.165, 1.54) is 43.5 Å². The summed E-state index contributed by atoms with van der Waals surface area (Å²) in [6.45, 7) is 4.03. The molecule has 0 radical (unpaired) electrons. The molecule has 2 aromatic rings. The lowest BCUT2D eigenvalue weighted by Crippen LogP contribution is -2.30. The molecular weight excluding hydrogens is 757 g/mol. The number of nitrogens with one attached hydrogen (secondary N) is 2. The third-order valence-corrected chi connectivity index (χ3v) is 9.81. The normalized spacial score (nSPS) is 12.9. The largest absolute Gasteiger partial charge is 0.744 e. The number of aromatic carboxylic acids is 1. The summed E-state index contributed by atoms with van der Waals surface area (Å²) in [5.41, 5.74) is 5.37. The minimum absolute atomic E-state index is 0.0223. The number of nitrogens with two attached hydrogens (primary N) is 1. The molecule has 0 aromatic heterocycles. The summed E-state index contributed by atoms with van der Waals surface area (Å²) in [4.78, 5) is 54.7. The molecule has 0 spiro atoms. The first-order valence-electron chi connectivity index (χ1n) is 15.5. The summed E-state index contributed by atoms with van der Waals surface area (Å²) in [6.07, 6.45) is 0.559. The standard InChI is InChI=1S/C26H27N3O10S2.C6H7NO4.CH2O/c1-37-13-14-38-12-4-11-29-40(32,33)24-19(27)9-7-17-21(15-5-2-3-6-16(15)26(30)31)18-8-10-20(28)25(41(34,35)36)23(18)39-22(17)24;1-4(8)11-7-5(9)2-3-6(7)10;1-2/h2-3,5-10,28-29H,4,11-14,27H2,1H3,(H,30,31)(H,34,35,36);2-3H2,1H3;1H2/p-1. The second-order valence-electron chi connectivity index (χ2n) is 11.0. The van der Waals surface area contributed by atoms with Crippen LogP contribution in [-0.4, -0.2) is 95.6 Å². The highest BCUT2D eigenvalue weighted by molar-refractivity contribution is 7.90. The van der Waals surface area contributed by atoms with Crippen LogP contribution in [0, 0.1) is 5.41 Å². The quantitative estimate of drug-likeness (QED) is 0.0492. The van der Waals surface area contributed by atoms with E-state index in [-0.39, 0.29) is 59.3 Å². The first kappa shape index (κ1) is 42.8. The number of hydrogen-bond acceptors (Lipinski definition) is 16. The third-order valence-electron chi connectivity index (χ3n) is 7.36. The molecule has 1 fully saturated rings. The van der Waals surface area contributed by atoms with Crippen LogP contribution in [0.2, 0.25) is 0 Å². The summed E-state index contributed by atoms with van der Waals surface area (Å²) in [5.74, 6) is -3.48. The summed E-state index contributed by atoms with van der Waals surface area (Å²) in [7, 11) is -8.19. The second-order valence-corrected chi connectivity index (χ2v) is 14.0. The molecule has 19 nitrogen and oxygen atoms in total. The zero-order valence-corrected chi connectivity index (χ0v) is 30.4. The van der Waals surface area contributed by atoms with Gasteiger partial charge >= 0.3 is 11.9 Å². The summed E-state index contributed by atoms with van der Waals surface area (Å²) >= 11 is 0. The number of hydrogen-bond donors (Lipinski definition) is 4. The molecule has 2 heterocycles. The maximum Gasteiger partial charge on any atom is 0.336 e. The van der Waals surface area contributed by atoms with Crippen LogP contribution in [0.5, 0.6) is 0 Å². The Bertz CT molecular complexity index is 2290. The molecule has 0 atom stereocenters. The van der Waals surface area contributed by atoms with Gasteiger partial charge in [-0.15, -0.1) is 5.06 Å². The van der Waals surface area contributed by atoms with E-state index in [4.69, 9.17) is 29.8 Å². The fraction of sp³-hybridized carbons (Fsp3) is 0.273. The van der Waals surface area contributed by atoms with Crippen LogP contribution >= 0.6 is 0 Å². The van der Waals surface area contributed by atoms with Crippen molar-refractivity contribution >= 4 is 67.3 Å². The number of nitrogen functional groups attached to an aromatic ring is 1. The first-order chi connectivity index (χ1) is 25.5. The lowest BCUT2D eigenvalue weighted by molar-refractivity contribution is -0.195. The molecule has 290 valence electrons. The molecule has 1 saturated heterocycles. The van der Waals surface area contributed by atoms with Crippen LogP contribution < -0.4 is 15.8 Å². The Hall–Kier alpha value is -5.58. The molecule has 5 N–H and O–H groups in total. The van der Waals surface area contributed by atoms with Gasteiger partial charge in [-0.3, -0.25) is 15.0 Å². The average molecular weight is 792 g/mol. The SMILES string of the molecule is C=O.CC(=O)ON1C(=O)CCC1=O.COCCOCCCNS(=O)(=O)c1c(N)ccc2c(-c3ccccc3C(=O)O)c3ccc(=N)c(S(=O)(=O)[O-])c-3oc12. The van der Waals surface area contributed by atoms with Gasteiger partial charge in [0.25, 0.3) is 11.8 Å². The number of rotatable bonds is 13. The van der Waals surface area contributed by atoms with E-state index in [0.717, 1.165) is 13.0 Å². The lowest BCUT2D eigenvalue weighted by atomic mass is 9.90. The number of anilines is 1. The number of methoxy groups -OCH3 is 1. The minimum Gasteiger partial charge on any atom is -0.744 e. The molecule has 54 heavy (non-hydrogen) atoms. The van der Waals surface area contributed by atoms with Crippen LogP contribution in [0.1, 0.15) is 36.5 Å². The summed E-state index contributed by atoms with van der Waals surface area (Å²) in [5, 5.41) is 17.9. The lowest BCUT2D eigenvalue weighted by Gasteiger charge is -2.21. The minimum atomic E-state index is -5.31. The number of nitrogens with zero attached hydrogens (tertiary/aromatic N) is 1. The fourth-order valence-electron chi connectivity index (χ4n) is 5.17. The summed E-state index contributed by atoms with van der Waals surface area (Å²) in [6, 6.07) is 10.9. The number of carbonyl (C=O) groups excluding carboxylic acids is 4.